The van der Waals surface area contributed by atoms with Crippen molar-refractivity contribution in [1.82, 2.24) is 9.80 Å². The summed E-state index contributed by atoms with van der Waals surface area (Å²) in [7, 11) is 0. The molecule has 10 heteroatoms. The minimum absolute atomic E-state index is 0.131. The van der Waals surface area contributed by atoms with Crippen molar-refractivity contribution < 1.29 is 33.4 Å². The van der Waals surface area contributed by atoms with Gasteiger partial charge < -0.3 is 24.4 Å². The van der Waals surface area contributed by atoms with E-state index in [0.717, 1.165) is 0 Å². The van der Waals surface area contributed by atoms with Crippen molar-refractivity contribution in [2.75, 3.05) is 31.8 Å². The third kappa shape index (κ3) is 3.81. The molecule has 34 heavy (non-hydrogen) atoms. The molecule has 5 rings (SSSR count). The summed E-state index contributed by atoms with van der Waals surface area (Å²) in [5.41, 5.74) is 1.26. The number of benzene rings is 2. The summed E-state index contributed by atoms with van der Waals surface area (Å²) in [4.78, 5) is 53.7. The fraction of sp³-hybridized carbons (Fsp3) is 0.333. The average molecular weight is 465 g/mol. The fourth-order valence-corrected chi connectivity index (χ4v) is 4.43. The van der Waals surface area contributed by atoms with Gasteiger partial charge in [-0.3, -0.25) is 19.3 Å². The third-order valence-electron chi connectivity index (χ3n) is 6.17. The van der Waals surface area contributed by atoms with Crippen molar-refractivity contribution in [1.29, 1.82) is 0 Å². The zero-order valence-corrected chi connectivity index (χ0v) is 18.5. The van der Waals surface area contributed by atoms with E-state index < -0.39 is 11.8 Å². The first-order valence-electron chi connectivity index (χ1n) is 11.1. The Morgan fingerprint density at radius 3 is 2.50 bits per heavy atom. The topological polar surface area (TPSA) is 114 Å². The van der Waals surface area contributed by atoms with E-state index in [1.807, 2.05) is 0 Å². The summed E-state index contributed by atoms with van der Waals surface area (Å²) in [5.74, 6) is -0.0715. The van der Waals surface area contributed by atoms with Crippen molar-refractivity contribution in [2.24, 2.45) is 0 Å². The number of amides is 4. The number of nitrogens with zero attached hydrogens (tertiary/aromatic N) is 2. The summed E-state index contributed by atoms with van der Waals surface area (Å²) in [5, 5.41) is 2.77. The number of likely N-dealkylation sites (tertiary alicyclic amines) is 1. The summed E-state index contributed by atoms with van der Waals surface area (Å²) in [6.45, 7) is 2.97. The average Bonchev–Trinajstić information content (AvgIpc) is 3.41. The van der Waals surface area contributed by atoms with Crippen LogP contribution in [-0.2, 0) is 4.74 Å². The van der Waals surface area contributed by atoms with Crippen LogP contribution in [0.5, 0.6) is 11.5 Å². The molecule has 0 saturated carbocycles. The van der Waals surface area contributed by atoms with Gasteiger partial charge in [0.15, 0.2) is 11.5 Å². The van der Waals surface area contributed by atoms with E-state index in [0.29, 0.717) is 49.7 Å². The standard InChI is InChI=1S/C24H23N3O7/c1-2-32-24(31)26-9-7-16(8-10-26)27-22(29)17-5-3-14(11-18(17)23(27)30)21(28)25-15-4-6-19-20(12-15)34-13-33-19/h3-6,11-12,16H,2,7-10,13H2,1H3,(H,25,28). The van der Waals surface area contributed by atoms with Gasteiger partial charge in [0.2, 0.25) is 6.79 Å². The monoisotopic (exact) mass is 465 g/mol. The molecule has 2 aromatic carbocycles. The van der Waals surface area contributed by atoms with E-state index in [2.05, 4.69) is 5.32 Å². The van der Waals surface area contributed by atoms with Crippen molar-refractivity contribution >= 4 is 29.5 Å². The van der Waals surface area contributed by atoms with Gasteiger partial charge in [-0.2, -0.15) is 0 Å². The number of carbonyl (C=O) groups is 4. The first kappa shape index (κ1) is 21.7. The smallest absolute Gasteiger partial charge is 0.409 e. The molecule has 0 radical (unpaired) electrons. The van der Waals surface area contributed by atoms with Gasteiger partial charge >= 0.3 is 6.09 Å². The van der Waals surface area contributed by atoms with Crippen molar-refractivity contribution in [3.63, 3.8) is 0 Å². The first-order chi connectivity index (χ1) is 16.5. The van der Waals surface area contributed by atoms with E-state index >= 15 is 0 Å². The minimum atomic E-state index is -0.424. The number of ether oxygens (including phenoxy) is 3. The second-order valence-corrected chi connectivity index (χ2v) is 8.18. The lowest BCUT2D eigenvalue weighted by Crippen LogP contribution is -2.48. The summed E-state index contributed by atoms with van der Waals surface area (Å²) in [6, 6.07) is 9.23. The van der Waals surface area contributed by atoms with Crippen LogP contribution < -0.4 is 14.8 Å². The van der Waals surface area contributed by atoms with Crippen LogP contribution in [0.1, 0.15) is 50.8 Å². The largest absolute Gasteiger partial charge is 0.454 e. The molecule has 1 fully saturated rings. The number of piperidine rings is 1. The Morgan fingerprint density at radius 1 is 1.00 bits per heavy atom. The molecule has 2 aromatic rings. The van der Waals surface area contributed by atoms with Crippen LogP contribution in [0.15, 0.2) is 36.4 Å². The summed E-state index contributed by atoms with van der Waals surface area (Å²) >= 11 is 0. The molecule has 0 atom stereocenters. The second-order valence-electron chi connectivity index (χ2n) is 8.18. The zero-order valence-electron chi connectivity index (χ0n) is 18.5. The maximum Gasteiger partial charge on any atom is 0.409 e. The Labute approximate surface area is 195 Å². The van der Waals surface area contributed by atoms with E-state index in [4.69, 9.17) is 14.2 Å². The number of nitrogens with one attached hydrogen (secondary N) is 1. The Hall–Kier alpha value is -4.08. The highest BCUT2D eigenvalue weighted by Crippen LogP contribution is 2.34. The molecular weight excluding hydrogens is 442 g/mol. The Morgan fingerprint density at radius 2 is 1.74 bits per heavy atom. The Bertz CT molecular complexity index is 1190. The molecule has 0 aliphatic carbocycles. The quantitative estimate of drug-likeness (QED) is 0.691. The normalized spacial score (nSPS) is 17.1. The molecule has 3 heterocycles. The molecular formula is C24H23N3O7. The highest BCUT2D eigenvalue weighted by molar-refractivity contribution is 6.22. The van der Waals surface area contributed by atoms with Crippen molar-refractivity contribution in [3.05, 3.63) is 53.1 Å². The van der Waals surface area contributed by atoms with Gasteiger partial charge in [0.25, 0.3) is 17.7 Å². The van der Waals surface area contributed by atoms with Gasteiger partial charge in [0.1, 0.15) is 0 Å². The molecule has 1 saturated heterocycles. The molecule has 4 amide bonds. The minimum Gasteiger partial charge on any atom is -0.454 e. The van der Waals surface area contributed by atoms with E-state index in [1.165, 1.54) is 23.1 Å². The van der Waals surface area contributed by atoms with Crippen LogP contribution in [0.25, 0.3) is 0 Å². The number of carbonyl (C=O) groups excluding carboxylic acids is 4. The van der Waals surface area contributed by atoms with Crippen LogP contribution in [0.2, 0.25) is 0 Å². The van der Waals surface area contributed by atoms with Gasteiger partial charge in [-0.15, -0.1) is 0 Å². The Kier molecular flexibility index (Phi) is 5.56. The van der Waals surface area contributed by atoms with Crippen molar-refractivity contribution in [3.8, 4) is 11.5 Å². The van der Waals surface area contributed by atoms with Gasteiger partial charge in [0.05, 0.1) is 17.7 Å². The van der Waals surface area contributed by atoms with Crippen molar-refractivity contribution in [2.45, 2.75) is 25.8 Å². The fourth-order valence-electron chi connectivity index (χ4n) is 4.43. The van der Waals surface area contributed by atoms with Crippen LogP contribution >= 0.6 is 0 Å². The lowest BCUT2D eigenvalue weighted by molar-refractivity contribution is 0.0485. The predicted molar refractivity (Wildman–Crippen MR) is 119 cm³/mol. The highest BCUT2D eigenvalue weighted by Gasteiger charge is 2.41. The number of hydrogen-bond donors (Lipinski definition) is 1. The Balaban J connectivity index is 1.28. The molecule has 3 aliphatic heterocycles. The molecule has 1 N–H and O–H groups in total. The summed E-state index contributed by atoms with van der Waals surface area (Å²) < 4.78 is 15.6. The van der Waals surface area contributed by atoms with Crippen LogP contribution in [0.4, 0.5) is 10.5 Å². The van der Waals surface area contributed by atoms with Gasteiger partial charge in [-0.1, -0.05) is 0 Å². The second kappa shape index (κ2) is 8.69. The number of rotatable bonds is 4. The van der Waals surface area contributed by atoms with Gasteiger partial charge in [-0.05, 0) is 50.1 Å². The molecule has 0 unspecified atom stereocenters. The SMILES string of the molecule is CCOC(=O)N1CCC(N2C(=O)c3ccc(C(=O)Nc4ccc5c(c4)OCO5)cc3C2=O)CC1. The third-order valence-corrected chi connectivity index (χ3v) is 6.17. The van der Waals surface area contributed by atoms with Crippen LogP contribution in [0, 0.1) is 0 Å². The number of anilines is 1. The highest BCUT2D eigenvalue weighted by atomic mass is 16.7. The summed E-state index contributed by atoms with van der Waals surface area (Å²) in [6.07, 6.45) is 0.560. The van der Waals surface area contributed by atoms with Gasteiger partial charge in [0, 0.05) is 36.4 Å². The molecule has 0 spiro atoms. The lowest BCUT2D eigenvalue weighted by Gasteiger charge is -2.35. The predicted octanol–water partition coefficient (Wildman–Crippen LogP) is 2.88. The van der Waals surface area contributed by atoms with E-state index in [1.54, 1.807) is 30.0 Å². The lowest BCUT2D eigenvalue weighted by atomic mass is 10.0. The molecule has 3 aliphatic rings. The number of fused-ring (bicyclic) bond motifs is 2. The molecule has 0 aromatic heterocycles. The van der Waals surface area contributed by atoms with Gasteiger partial charge in [-0.25, -0.2) is 4.79 Å². The molecule has 176 valence electrons. The van der Waals surface area contributed by atoms with Crippen LogP contribution in [-0.4, -0.2) is 66.1 Å². The number of imide groups is 1. The van der Waals surface area contributed by atoms with E-state index in [-0.39, 0.29) is 41.5 Å². The van der Waals surface area contributed by atoms with Crippen LogP contribution in [0.3, 0.4) is 0 Å². The molecule has 0 bridgehead atoms. The zero-order chi connectivity index (χ0) is 23.8. The first-order valence-corrected chi connectivity index (χ1v) is 11.1. The maximum atomic E-state index is 13.1. The van der Waals surface area contributed by atoms with E-state index in [9.17, 15) is 19.2 Å². The number of hydrogen-bond acceptors (Lipinski definition) is 7. The molecule has 10 nitrogen and oxygen atoms in total. The maximum absolute atomic E-state index is 13.1.